The number of carbonyl (C=O) groups is 1. The molecule has 0 unspecified atom stereocenters. The standard InChI is InChI=1S/C15H9F3O4/c16-15(17,18)8-1-2-12-7(3-8)4-10(20)14-11(21)5-9(19)6-13(14)22-12/h1-3,5-6,19,21H,4H2. The van der Waals surface area contributed by atoms with E-state index >= 15 is 0 Å². The maximum atomic E-state index is 12.7. The summed E-state index contributed by atoms with van der Waals surface area (Å²) in [6.07, 6.45) is -4.87. The first-order chi connectivity index (χ1) is 10.3. The van der Waals surface area contributed by atoms with E-state index in [1.54, 1.807) is 0 Å². The number of halogens is 3. The van der Waals surface area contributed by atoms with Gasteiger partial charge in [0, 0.05) is 24.1 Å². The van der Waals surface area contributed by atoms with E-state index in [1.165, 1.54) is 0 Å². The van der Waals surface area contributed by atoms with Gasteiger partial charge in [-0.15, -0.1) is 0 Å². The van der Waals surface area contributed by atoms with Gasteiger partial charge in [0.25, 0.3) is 0 Å². The highest BCUT2D eigenvalue weighted by molar-refractivity contribution is 6.03. The van der Waals surface area contributed by atoms with Crippen molar-refractivity contribution in [2.45, 2.75) is 12.6 Å². The van der Waals surface area contributed by atoms with Gasteiger partial charge in [-0.1, -0.05) is 0 Å². The average Bonchev–Trinajstić information content (AvgIpc) is 2.51. The molecule has 7 heteroatoms. The summed E-state index contributed by atoms with van der Waals surface area (Å²) < 4.78 is 43.6. The number of aromatic hydroxyl groups is 2. The Morgan fingerprint density at radius 2 is 1.77 bits per heavy atom. The summed E-state index contributed by atoms with van der Waals surface area (Å²) in [6, 6.07) is 4.89. The molecule has 0 spiro atoms. The fraction of sp³-hybridized carbons (Fsp3) is 0.133. The van der Waals surface area contributed by atoms with E-state index in [9.17, 15) is 28.2 Å². The second-order valence-corrected chi connectivity index (χ2v) is 4.86. The Morgan fingerprint density at radius 3 is 2.45 bits per heavy atom. The van der Waals surface area contributed by atoms with Crippen LogP contribution < -0.4 is 4.74 Å². The zero-order chi connectivity index (χ0) is 16.1. The van der Waals surface area contributed by atoms with Crippen molar-refractivity contribution in [2.24, 2.45) is 0 Å². The predicted molar refractivity (Wildman–Crippen MR) is 69.3 cm³/mol. The molecule has 4 nitrogen and oxygen atoms in total. The number of phenolic OH excluding ortho intramolecular Hbond substituents is 2. The Kier molecular flexibility index (Phi) is 3.01. The van der Waals surface area contributed by atoms with E-state index in [0.717, 1.165) is 30.3 Å². The molecule has 2 aromatic carbocycles. The third kappa shape index (κ3) is 2.34. The first-order valence-corrected chi connectivity index (χ1v) is 6.23. The zero-order valence-corrected chi connectivity index (χ0v) is 10.9. The van der Waals surface area contributed by atoms with E-state index in [4.69, 9.17) is 4.74 Å². The maximum Gasteiger partial charge on any atom is 0.416 e. The summed E-state index contributed by atoms with van der Waals surface area (Å²) in [7, 11) is 0. The van der Waals surface area contributed by atoms with Gasteiger partial charge < -0.3 is 14.9 Å². The first kappa shape index (κ1) is 14.2. The quantitative estimate of drug-likeness (QED) is 0.779. The fourth-order valence-electron chi connectivity index (χ4n) is 2.32. The molecule has 0 saturated heterocycles. The average molecular weight is 310 g/mol. The van der Waals surface area contributed by atoms with Crippen molar-refractivity contribution < 1.29 is 32.9 Å². The monoisotopic (exact) mass is 310 g/mol. The molecule has 2 aromatic rings. The van der Waals surface area contributed by atoms with Crippen LogP contribution in [-0.2, 0) is 12.6 Å². The van der Waals surface area contributed by atoms with Gasteiger partial charge in [0.05, 0.1) is 5.56 Å². The number of carbonyl (C=O) groups excluding carboxylic acids is 1. The van der Waals surface area contributed by atoms with Crippen LogP contribution in [0.25, 0.3) is 0 Å². The highest BCUT2D eigenvalue weighted by Crippen LogP contribution is 2.41. The van der Waals surface area contributed by atoms with Crippen LogP contribution in [0.1, 0.15) is 21.5 Å². The molecule has 0 aliphatic carbocycles. The Morgan fingerprint density at radius 1 is 1.05 bits per heavy atom. The minimum atomic E-state index is -4.53. The van der Waals surface area contributed by atoms with E-state index in [2.05, 4.69) is 0 Å². The van der Waals surface area contributed by atoms with Gasteiger partial charge in [-0.25, -0.2) is 0 Å². The number of hydrogen-bond acceptors (Lipinski definition) is 4. The maximum absolute atomic E-state index is 12.7. The molecule has 0 amide bonds. The molecule has 22 heavy (non-hydrogen) atoms. The molecular weight excluding hydrogens is 301 g/mol. The van der Waals surface area contributed by atoms with Crippen molar-refractivity contribution >= 4 is 5.78 Å². The van der Waals surface area contributed by atoms with E-state index in [1.807, 2.05) is 0 Å². The lowest BCUT2D eigenvalue weighted by atomic mass is 10.0. The topological polar surface area (TPSA) is 66.8 Å². The number of phenols is 2. The van der Waals surface area contributed by atoms with Gasteiger partial charge in [-0.3, -0.25) is 4.79 Å². The van der Waals surface area contributed by atoms with Crippen molar-refractivity contribution in [1.82, 2.24) is 0 Å². The van der Waals surface area contributed by atoms with E-state index in [-0.39, 0.29) is 34.8 Å². The Balaban J connectivity index is 2.14. The molecule has 3 rings (SSSR count). The van der Waals surface area contributed by atoms with Crippen LogP contribution in [0.15, 0.2) is 30.3 Å². The van der Waals surface area contributed by atoms with Gasteiger partial charge in [0.1, 0.15) is 28.6 Å². The molecule has 0 saturated carbocycles. The highest BCUT2D eigenvalue weighted by atomic mass is 19.4. The number of hydrogen-bond donors (Lipinski definition) is 2. The normalized spacial score (nSPS) is 13.9. The van der Waals surface area contributed by atoms with Crippen molar-refractivity contribution in [1.29, 1.82) is 0 Å². The molecule has 2 N–H and O–H groups in total. The zero-order valence-electron chi connectivity index (χ0n) is 10.9. The molecular formula is C15H9F3O4. The van der Waals surface area contributed by atoms with Crippen LogP contribution in [0.5, 0.6) is 23.0 Å². The summed E-state index contributed by atoms with van der Waals surface area (Å²) in [5, 5.41) is 19.2. The first-order valence-electron chi connectivity index (χ1n) is 6.23. The minimum absolute atomic E-state index is 0.0647. The van der Waals surface area contributed by atoms with Crippen LogP contribution in [0.3, 0.4) is 0 Å². The summed E-state index contributed by atoms with van der Waals surface area (Å²) in [5.41, 5.74) is -0.988. The molecule has 1 aliphatic heterocycles. The molecule has 0 fully saturated rings. The summed E-state index contributed by atoms with van der Waals surface area (Å²) >= 11 is 0. The largest absolute Gasteiger partial charge is 0.508 e. The lowest BCUT2D eigenvalue weighted by Gasteiger charge is -2.12. The smallest absolute Gasteiger partial charge is 0.416 e. The molecule has 0 bridgehead atoms. The Bertz CT molecular complexity index is 781. The SMILES string of the molecule is O=C1Cc2cc(C(F)(F)F)ccc2Oc2cc(O)cc(O)c21. The number of fused-ring (bicyclic) bond motifs is 2. The number of rotatable bonds is 0. The van der Waals surface area contributed by atoms with Crippen LogP contribution >= 0.6 is 0 Å². The van der Waals surface area contributed by atoms with Crippen molar-refractivity contribution in [3.8, 4) is 23.0 Å². The highest BCUT2D eigenvalue weighted by Gasteiger charge is 2.33. The summed E-state index contributed by atoms with van der Waals surface area (Å²) in [5.74, 6) is -1.42. The predicted octanol–water partition coefficient (Wildman–Crippen LogP) is 3.65. The number of Topliss-reactive ketones (excluding diaryl/α,β-unsaturated/α-hetero) is 1. The molecule has 114 valence electrons. The summed E-state index contributed by atoms with van der Waals surface area (Å²) in [6.45, 7) is 0. The third-order valence-electron chi connectivity index (χ3n) is 3.30. The summed E-state index contributed by atoms with van der Waals surface area (Å²) in [4.78, 5) is 12.2. The Hall–Kier alpha value is -2.70. The second-order valence-electron chi connectivity index (χ2n) is 4.86. The number of benzene rings is 2. The molecule has 0 aromatic heterocycles. The van der Waals surface area contributed by atoms with Gasteiger partial charge in [0.2, 0.25) is 0 Å². The Labute approximate surface area is 122 Å². The van der Waals surface area contributed by atoms with Crippen LogP contribution in [0.2, 0.25) is 0 Å². The number of ketones is 1. The molecule has 0 atom stereocenters. The van der Waals surface area contributed by atoms with Crippen LogP contribution in [0, 0.1) is 0 Å². The van der Waals surface area contributed by atoms with Gasteiger partial charge in [-0.2, -0.15) is 13.2 Å². The van der Waals surface area contributed by atoms with Gasteiger partial charge >= 0.3 is 6.18 Å². The number of ether oxygens (including phenoxy) is 1. The van der Waals surface area contributed by atoms with E-state index in [0.29, 0.717) is 0 Å². The number of alkyl halides is 3. The molecule has 1 aliphatic rings. The second kappa shape index (κ2) is 4.66. The van der Waals surface area contributed by atoms with Gasteiger partial charge in [0.15, 0.2) is 5.78 Å². The van der Waals surface area contributed by atoms with Crippen LogP contribution in [-0.4, -0.2) is 16.0 Å². The lowest BCUT2D eigenvalue weighted by Crippen LogP contribution is -2.07. The van der Waals surface area contributed by atoms with Crippen molar-refractivity contribution in [3.05, 3.63) is 47.0 Å². The lowest BCUT2D eigenvalue weighted by molar-refractivity contribution is -0.137. The third-order valence-corrected chi connectivity index (χ3v) is 3.30. The molecule has 1 heterocycles. The van der Waals surface area contributed by atoms with E-state index < -0.39 is 23.3 Å². The van der Waals surface area contributed by atoms with Crippen molar-refractivity contribution in [3.63, 3.8) is 0 Å². The van der Waals surface area contributed by atoms with Crippen molar-refractivity contribution in [2.75, 3.05) is 0 Å². The minimum Gasteiger partial charge on any atom is -0.508 e. The van der Waals surface area contributed by atoms with Crippen LogP contribution in [0.4, 0.5) is 13.2 Å². The molecule has 0 radical (unpaired) electrons. The van der Waals surface area contributed by atoms with Gasteiger partial charge in [-0.05, 0) is 18.2 Å². The fourth-order valence-corrected chi connectivity index (χ4v) is 2.32.